The fourth-order valence-corrected chi connectivity index (χ4v) is 2.71. The van der Waals surface area contributed by atoms with Crippen LogP contribution in [-0.4, -0.2) is 77.9 Å². The number of nitrogens with two attached hydrogens (primary N) is 1. The van der Waals surface area contributed by atoms with Crippen molar-refractivity contribution in [2.24, 2.45) is 17.6 Å². The summed E-state index contributed by atoms with van der Waals surface area (Å²) in [6.07, 6.45) is 0.536. The van der Waals surface area contributed by atoms with E-state index in [1.54, 1.807) is 20.8 Å². The van der Waals surface area contributed by atoms with Crippen LogP contribution in [-0.2, 0) is 28.8 Å². The number of hydrogen-bond acceptors (Lipinski definition) is 7. The maximum Gasteiger partial charge on any atom is 0.322 e. The maximum absolute atomic E-state index is 12.5. The number of carbonyl (C=O) groups is 6. The SMILES string of the molecule is CCC(C)[C@H](NC(=O)[C@H](C)NC(=O)CNC(=O)[C@@H](NC(=O)[C@H](C)N)C(C)C)C(=O)NCC(=O)O. The maximum atomic E-state index is 12.5. The summed E-state index contributed by atoms with van der Waals surface area (Å²) in [5, 5.41) is 20.8. The van der Waals surface area contributed by atoms with Gasteiger partial charge in [0.2, 0.25) is 29.5 Å². The topological polar surface area (TPSA) is 209 Å². The van der Waals surface area contributed by atoms with Gasteiger partial charge in [-0.15, -0.1) is 0 Å². The molecule has 0 fully saturated rings. The molecule has 0 saturated heterocycles. The average molecular weight is 487 g/mol. The summed E-state index contributed by atoms with van der Waals surface area (Å²) >= 11 is 0. The average Bonchev–Trinajstić information content (AvgIpc) is 2.76. The highest BCUT2D eigenvalue weighted by Gasteiger charge is 2.29. The minimum absolute atomic E-state index is 0.264. The molecule has 5 amide bonds. The second-order valence-electron chi connectivity index (χ2n) is 8.51. The van der Waals surface area contributed by atoms with E-state index in [-0.39, 0.29) is 11.8 Å². The highest BCUT2D eigenvalue weighted by atomic mass is 16.4. The molecule has 0 bridgehead atoms. The first kappa shape index (κ1) is 30.8. The number of aliphatic carboxylic acids is 1. The van der Waals surface area contributed by atoms with Crippen LogP contribution in [0.25, 0.3) is 0 Å². The van der Waals surface area contributed by atoms with Crippen molar-refractivity contribution in [2.45, 2.75) is 72.1 Å². The Kier molecular flexibility index (Phi) is 13.4. The molecule has 13 nitrogen and oxygen atoms in total. The normalized spacial score (nSPS) is 15.2. The first-order chi connectivity index (χ1) is 15.7. The van der Waals surface area contributed by atoms with Crippen molar-refractivity contribution in [3.8, 4) is 0 Å². The summed E-state index contributed by atoms with van der Waals surface area (Å²) in [6, 6.07) is -3.73. The molecule has 1 unspecified atom stereocenters. The van der Waals surface area contributed by atoms with E-state index in [4.69, 9.17) is 10.8 Å². The number of rotatable bonds is 14. The second-order valence-corrected chi connectivity index (χ2v) is 8.51. The van der Waals surface area contributed by atoms with Crippen LogP contribution >= 0.6 is 0 Å². The van der Waals surface area contributed by atoms with Crippen molar-refractivity contribution in [1.29, 1.82) is 0 Å². The minimum Gasteiger partial charge on any atom is -0.480 e. The Morgan fingerprint density at radius 1 is 0.735 bits per heavy atom. The number of hydrogen-bond donors (Lipinski definition) is 7. The molecular weight excluding hydrogens is 448 g/mol. The van der Waals surface area contributed by atoms with Crippen LogP contribution in [0.3, 0.4) is 0 Å². The van der Waals surface area contributed by atoms with Gasteiger partial charge in [0.05, 0.1) is 12.6 Å². The van der Waals surface area contributed by atoms with Gasteiger partial charge in [-0.1, -0.05) is 34.1 Å². The monoisotopic (exact) mass is 486 g/mol. The molecule has 8 N–H and O–H groups in total. The van der Waals surface area contributed by atoms with E-state index in [2.05, 4.69) is 26.6 Å². The van der Waals surface area contributed by atoms with Crippen molar-refractivity contribution in [1.82, 2.24) is 26.6 Å². The van der Waals surface area contributed by atoms with E-state index in [1.807, 2.05) is 6.92 Å². The van der Waals surface area contributed by atoms with Crippen LogP contribution in [0.15, 0.2) is 0 Å². The van der Waals surface area contributed by atoms with Crippen molar-refractivity contribution >= 4 is 35.5 Å². The number of nitrogens with one attached hydrogen (secondary N) is 5. The van der Waals surface area contributed by atoms with Gasteiger partial charge in [-0.05, 0) is 25.7 Å². The Labute approximate surface area is 199 Å². The summed E-state index contributed by atoms with van der Waals surface area (Å²) < 4.78 is 0. The van der Waals surface area contributed by atoms with Gasteiger partial charge in [-0.2, -0.15) is 0 Å². The van der Waals surface area contributed by atoms with Gasteiger partial charge >= 0.3 is 5.97 Å². The zero-order valence-corrected chi connectivity index (χ0v) is 20.6. The molecule has 0 aromatic rings. The van der Waals surface area contributed by atoms with Gasteiger partial charge in [0.1, 0.15) is 24.7 Å². The zero-order chi connectivity index (χ0) is 26.6. The van der Waals surface area contributed by atoms with Crippen LogP contribution in [0.5, 0.6) is 0 Å². The standard InChI is InChI=1S/C21H38N6O7/c1-7-11(4)17(21(34)24-9-15(29)30)27-19(32)13(6)25-14(28)8-23-20(33)16(10(2)3)26-18(31)12(5)22/h10-13,16-17H,7-9,22H2,1-6H3,(H,23,33)(H,24,34)(H,25,28)(H,26,31)(H,27,32)(H,29,30)/t11?,12-,13-,16-,17-/m0/s1. The lowest BCUT2D eigenvalue weighted by Gasteiger charge is -2.25. The largest absolute Gasteiger partial charge is 0.480 e. The van der Waals surface area contributed by atoms with Crippen molar-refractivity contribution < 1.29 is 33.9 Å². The van der Waals surface area contributed by atoms with Gasteiger partial charge in [0, 0.05) is 0 Å². The molecule has 0 aromatic heterocycles. The molecule has 0 heterocycles. The highest BCUT2D eigenvalue weighted by molar-refractivity contribution is 5.94. The zero-order valence-electron chi connectivity index (χ0n) is 20.6. The Hall–Kier alpha value is -3.22. The lowest BCUT2D eigenvalue weighted by Crippen LogP contribution is -2.57. The van der Waals surface area contributed by atoms with E-state index in [0.29, 0.717) is 6.42 Å². The molecule has 0 aliphatic heterocycles. The van der Waals surface area contributed by atoms with E-state index < -0.39 is 72.8 Å². The van der Waals surface area contributed by atoms with Crippen LogP contribution < -0.4 is 32.3 Å². The Morgan fingerprint density at radius 3 is 1.71 bits per heavy atom. The van der Waals surface area contributed by atoms with Gasteiger partial charge in [-0.25, -0.2) is 0 Å². The molecule has 5 atom stereocenters. The van der Waals surface area contributed by atoms with Crippen LogP contribution in [0, 0.1) is 11.8 Å². The fourth-order valence-electron chi connectivity index (χ4n) is 2.71. The third-order valence-corrected chi connectivity index (χ3v) is 5.06. The van der Waals surface area contributed by atoms with E-state index in [9.17, 15) is 28.8 Å². The molecule has 194 valence electrons. The molecule has 0 spiro atoms. The number of carboxylic acid groups (broad SMARTS) is 1. The second kappa shape index (κ2) is 14.8. The van der Waals surface area contributed by atoms with E-state index in [1.165, 1.54) is 13.8 Å². The molecule has 0 saturated carbocycles. The van der Waals surface area contributed by atoms with Crippen molar-refractivity contribution in [3.63, 3.8) is 0 Å². The third-order valence-electron chi connectivity index (χ3n) is 5.06. The van der Waals surface area contributed by atoms with Gasteiger partial charge in [0.15, 0.2) is 0 Å². The Morgan fingerprint density at radius 2 is 1.24 bits per heavy atom. The number of carbonyl (C=O) groups excluding carboxylic acids is 5. The molecule has 34 heavy (non-hydrogen) atoms. The summed E-state index contributed by atoms with van der Waals surface area (Å²) in [5.41, 5.74) is 5.50. The smallest absolute Gasteiger partial charge is 0.322 e. The first-order valence-corrected chi connectivity index (χ1v) is 11.1. The summed E-state index contributed by atoms with van der Waals surface area (Å²) in [4.78, 5) is 71.9. The predicted octanol–water partition coefficient (Wildman–Crippen LogP) is -2.17. The van der Waals surface area contributed by atoms with Gasteiger partial charge in [0.25, 0.3) is 0 Å². The third kappa shape index (κ3) is 11.1. The summed E-state index contributed by atoms with van der Waals surface area (Å²) in [5.74, 6) is -4.83. The molecule has 0 aromatic carbocycles. The first-order valence-electron chi connectivity index (χ1n) is 11.1. The van der Waals surface area contributed by atoms with Crippen LogP contribution in [0.1, 0.15) is 48.0 Å². The fraction of sp³-hybridized carbons (Fsp3) is 0.714. The summed E-state index contributed by atoms with van der Waals surface area (Å²) in [7, 11) is 0. The quantitative estimate of drug-likeness (QED) is 0.143. The molecule has 13 heteroatoms. The minimum atomic E-state index is -1.22. The molecule has 0 aliphatic rings. The van der Waals surface area contributed by atoms with Gasteiger partial charge < -0.3 is 37.4 Å². The van der Waals surface area contributed by atoms with E-state index in [0.717, 1.165) is 0 Å². The molecule has 0 radical (unpaired) electrons. The van der Waals surface area contributed by atoms with Crippen LogP contribution in [0.4, 0.5) is 0 Å². The van der Waals surface area contributed by atoms with Gasteiger partial charge in [-0.3, -0.25) is 28.8 Å². The number of amides is 5. The lowest BCUT2D eigenvalue weighted by atomic mass is 9.98. The summed E-state index contributed by atoms with van der Waals surface area (Å²) in [6.45, 7) is 8.82. The molecule has 0 aliphatic carbocycles. The lowest BCUT2D eigenvalue weighted by molar-refractivity contribution is -0.139. The van der Waals surface area contributed by atoms with E-state index >= 15 is 0 Å². The Balaban J connectivity index is 4.90. The predicted molar refractivity (Wildman–Crippen MR) is 123 cm³/mol. The highest BCUT2D eigenvalue weighted by Crippen LogP contribution is 2.08. The number of carboxylic acids is 1. The van der Waals surface area contributed by atoms with Crippen molar-refractivity contribution in [2.75, 3.05) is 13.1 Å². The van der Waals surface area contributed by atoms with Crippen molar-refractivity contribution in [3.05, 3.63) is 0 Å². The van der Waals surface area contributed by atoms with Crippen LogP contribution in [0.2, 0.25) is 0 Å². The Bertz CT molecular complexity index is 756. The molecular formula is C21H38N6O7. The molecule has 0 rings (SSSR count).